The van der Waals surface area contributed by atoms with Crippen LogP contribution >= 0.6 is 9.24 Å². The van der Waals surface area contributed by atoms with Gasteiger partial charge < -0.3 is 5.11 Å². The van der Waals surface area contributed by atoms with Crippen molar-refractivity contribution in [3.05, 3.63) is 0 Å². The van der Waals surface area contributed by atoms with Gasteiger partial charge in [-0.25, -0.2) is 0 Å². The minimum atomic E-state index is -0.682. The second kappa shape index (κ2) is 14.4. The van der Waals surface area contributed by atoms with E-state index in [9.17, 15) is 4.79 Å². The third kappa shape index (κ3) is 24.5. The zero-order valence-electron chi connectivity index (χ0n) is 8.88. The van der Waals surface area contributed by atoms with Crippen LogP contribution in [0.5, 0.6) is 0 Å². The molecule has 2 nitrogen and oxygen atoms in total. The predicted octanol–water partition coefficient (Wildman–Crippen LogP) is 3.31. The second-order valence-electron chi connectivity index (χ2n) is 2.99. The Morgan fingerprint density at radius 3 is 1.92 bits per heavy atom. The van der Waals surface area contributed by atoms with Crippen molar-refractivity contribution in [1.82, 2.24) is 0 Å². The van der Waals surface area contributed by atoms with Crippen LogP contribution in [0.25, 0.3) is 0 Å². The number of rotatable bonds is 6. The molecule has 0 radical (unpaired) electrons. The molecular formula is C10H23O2P. The fourth-order valence-electron chi connectivity index (χ4n) is 0.730. The highest BCUT2D eigenvalue weighted by Gasteiger charge is 1.92. The summed E-state index contributed by atoms with van der Waals surface area (Å²) in [5.41, 5.74) is 0. The largest absolute Gasteiger partial charge is 0.481 e. The van der Waals surface area contributed by atoms with Crippen molar-refractivity contribution in [2.24, 2.45) is 0 Å². The van der Waals surface area contributed by atoms with Crippen molar-refractivity contribution < 1.29 is 9.90 Å². The van der Waals surface area contributed by atoms with E-state index in [-0.39, 0.29) is 0 Å². The Hall–Kier alpha value is -0.100. The van der Waals surface area contributed by atoms with E-state index < -0.39 is 5.97 Å². The molecule has 0 aromatic carbocycles. The highest BCUT2D eigenvalue weighted by atomic mass is 31.0. The maximum Gasteiger partial charge on any atom is 0.303 e. The minimum Gasteiger partial charge on any atom is -0.481 e. The maximum atomic E-state index is 9.87. The van der Waals surface area contributed by atoms with Crippen LogP contribution in [-0.4, -0.2) is 17.2 Å². The van der Waals surface area contributed by atoms with Gasteiger partial charge in [-0.05, 0) is 12.6 Å². The first-order valence-electron chi connectivity index (χ1n) is 5.10. The number of aliphatic carboxylic acids is 1. The molecular weight excluding hydrogens is 183 g/mol. The Labute approximate surface area is 84.3 Å². The Kier molecular flexibility index (Phi) is 17.1. The van der Waals surface area contributed by atoms with E-state index in [2.05, 4.69) is 23.1 Å². The van der Waals surface area contributed by atoms with Crippen LogP contribution in [-0.2, 0) is 4.79 Å². The summed E-state index contributed by atoms with van der Waals surface area (Å²) >= 11 is 0. The second-order valence-corrected chi connectivity index (χ2v) is 3.57. The van der Waals surface area contributed by atoms with E-state index in [0.29, 0.717) is 6.42 Å². The standard InChI is InChI=1S/C6H12O2.C4H11P/c1-2-3-4-5-6(7)8;1-2-3-4-5/h2-5H2,1H3,(H,7,8);2-5H2,1H3. The summed E-state index contributed by atoms with van der Waals surface area (Å²) < 4.78 is 0. The van der Waals surface area contributed by atoms with Crippen LogP contribution in [0.15, 0.2) is 0 Å². The summed E-state index contributed by atoms with van der Waals surface area (Å²) in [6.07, 6.45) is 7.21. The Bertz CT molecular complexity index is 103. The van der Waals surface area contributed by atoms with Crippen molar-refractivity contribution in [1.29, 1.82) is 0 Å². The normalized spacial score (nSPS) is 8.85. The summed E-state index contributed by atoms with van der Waals surface area (Å²) in [4.78, 5) is 9.87. The van der Waals surface area contributed by atoms with Gasteiger partial charge in [-0.15, -0.1) is 9.24 Å². The Morgan fingerprint density at radius 2 is 1.69 bits per heavy atom. The number of carbonyl (C=O) groups is 1. The lowest BCUT2D eigenvalue weighted by Crippen LogP contribution is -1.92. The smallest absolute Gasteiger partial charge is 0.303 e. The van der Waals surface area contributed by atoms with Crippen molar-refractivity contribution in [3.8, 4) is 0 Å². The summed E-state index contributed by atoms with van der Waals surface area (Å²) in [6.45, 7) is 4.26. The zero-order valence-corrected chi connectivity index (χ0v) is 10.0. The monoisotopic (exact) mass is 206 g/mol. The third-order valence-electron chi connectivity index (χ3n) is 1.55. The molecule has 1 atom stereocenters. The number of hydrogen-bond donors (Lipinski definition) is 1. The molecule has 0 rings (SSSR count). The van der Waals surface area contributed by atoms with E-state index in [0.717, 1.165) is 19.3 Å². The van der Waals surface area contributed by atoms with Gasteiger partial charge in [0.25, 0.3) is 0 Å². The molecule has 13 heavy (non-hydrogen) atoms. The van der Waals surface area contributed by atoms with Crippen LogP contribution in [0.4, 0.5) is 0 Å². The number of unbranched alkanes of at least 4 members (excludes halogenated alkanes) is 3. The lowest BCUT2D eigenvalue weighted by Gasteiger charge is -1.89. The van der Waals surface area contributed by atoms with Gasteiger partial charge in [0.1, 0.15) is 0 Å². The topological polar surface area (TPSA) is 37.3 Å². The van der Waals surface area contributed by atoms with Gasteiger partial charge in [0.15, 0.2) is 0 Å². The highest BCUT2D eigenvalue weighted by Crippen LogP contribution is 1.97. The molecule has 0 amide bonds. The van der Waals surface area contributed by atoms with Gasteiger partial charge in [0.05, 0.1) is 0 Å². The highest BCUT2D eigenvalue weighted by molar-refractivity contribution is 7.16. The van der Waals surface area contributed by atoms with E-state index in [1.54, 1.807) is 0 Å². The van der Waals surface area contributed by atoms with Gasteiger partial charge >= 0.3 is 5.97 Å². The predicted molar refractivity (Wildman–Crippen MR) is 61.3 cm³/mol. The Balaban J connectivity index is 0. The van der Waals surface area contributed by atoms with Crippen LogP contribution in [0.2, 0.25) is 0 Å². The molecule has 3 heteroatoms. The zero-order chi connectivity index (χ0) is 10.5. The van der Waals surface area contributed by atoms with Gasteiger partial charge in [-0.2, -0.15) is 0 Å². The van der Waals surface area contributed by atoms with Crippen molar-refractivity contribution >= 4 is 15.2 Å². The van der Waals surface area contributed by atoms with E-state index >= 15 is 0 Å². The molecule has 0 aliphatic heterocycles. The maximum absolute atomic E-state index is 9.87. The molecule has 80 valence electrons. The van der Waals surface area contributed by atoms with E-state index in [1.807, 2.05) is 0 Å². The molecule has 0 fully saturated rings. The summed E-state index contributed by atoms with van der Waals surface area (Å²) in [5, 5.41) is 8.14. The molecule has 0 aromatic heterocycles. The van der Waals surface area contributed by atoms with E-state index in [1.165, 1.54) is 19.0 Å². The molecule has 0 saturated heterocycles. The molecule has 0 heterocycles. The molecule has 0 aliphatic rings. The lowest BCUT2D eigenvalue weighted by atomic mass is 10.2. The average molecular weight is 206 g/mol. The summed E-state index contributed by atoms with van der Waals surface area (Å²) in [6, 6.07) is 0. The van der Waals surface area contributed by atoms with Gasteiger partial charge in [0.2, 0.25) is 0 Å². The first kappa shape index (κ1) is 15.4. The van der Waals surface area contributed by atoms with Crippen molar-refractivity contribution in [2.45, 2.75) is 52.4 Å². The average Bonchev–Trinajstić information content (AvgIpc) is 2.07. The first-order valence-corrected chi connectivity index (χ1v) is 5.92. The lowest BCUT2D eigenvalue weighted by molar-refractivity contribution is -0.137. The van der Waals surface area contributed by atoms with Crippen molar-refractivity contribution in [3.63, 3.8) is 0 Å². The van der Waals surface area contributed by atoms with Gasteiger partial charge in [-0.1, -0.05) is 39.5 Å². The summed E-state index contributed by atoms with van der Waals surface area (Å²) in [7, 11) is 2.70. The van der Waals surface area contributed by atoms with Crippen LogP contribution < -0.4 is 0 Å². The summed E-state index contributed by atoms with van der Waals surface area (Å²) in [5.74, 6) is -0.682. The van der Waals surface area contributed by atoms with Gasteiger partial charge in [-0.3, -0.25) is 4.79 Å². The molecule has 0 bridgehead atoms. The number of hydrogen-bond acceptors (Lipinski definition) is 1. The molecule has 1 unspecified atom stereocenters. The molecule has 0 aromatic rings. The molecule has 0 saturated carbocycles. The fourth-order valence-corrected chi connectivity index (χ4v) is 1.14. The van der Waals surface area contributed by atoms with Crippen molar-refractivity contribution in [2.75, 3.05) is 6.16 Å². The van der Waals surface area contributed by atoms with E-state index in [4.69, 9.17) is 5.11 Å². The quantitative estimate of drug-likeness (QED) is 0.534. The minimum absolute atomic E-state index is 0.327. The SMILES string of the molecule is CCCCCC(=O)O.CCCCP. The molecule has 0 aliphatic carbocycles. The van der Waals surface area contributed by atoms with Crippen LogP contribution in [0.1, 0.15) is 52.4 Å². The molecule has 1 N–H and O–H groups in total. The fraction of sp³-hybridized carbons (Fsp3) is 0.900. The first-order chi connectivity index (χ1) is 6.18. The third-order valence-corrected chi connectivity index (χ3v) is 1.96. The number of carboxylic acid groups (broad SMARTS) is 1. The van der Waals surface area contributed by atoms with Crippen LogP contribution in [0.3, 0.4) is 0 Å². The van der Waals surface area contributed by atoms with Crippen LogP contribution in [0, 0.1) is 0 Å². The number of carboxylic acids is 1. The Morgan fingerprint density at radius 1 is 1.15 bits per heavy atom. The van der Waals surface area contributed by atoms with Gasteiger partial charge in [0, 0.05) is 6.42 Å². The molecule has 0 spiro atoms.